The summed E-state index contributed by atoms with van der Waals surface area (Å²) >= 11 is 7.22. The normalized spacial score (nSPS) is 11.9. The number of carbonyl (C=O) groups excluding carboxylic acids is 1. The van der Waals surface area contributed by atoms with Crippen molar-refractivity contribution in [3.63, 3.8) is 0 Å². The zero-order valence-electron chi connectivity index (χ0n) is 20.0. The number of aliphatic imine (C=N–C) groups is 1. The van der Waals surface area contributed by atoms with E-state index < -0.39 is 0 Å². The van der Waals surface area contributed by atoms with Crippen LogP contribution in [0.15, 0.2) is 47.7 Å². The van der Waals surface area contributed by atoms with E-state index in [1.807, 2.05) is 19.1 Å². The Morgan fingerprint density at radius 1 is 1.24 bits per heavy atom. The number of thiazole rings is 1. The molecule has 0 saturated heterocycles. The van der Waals surface area contributed by atoms with Crippen molar-refractivity contribution in [3.05, 3.63) is 58.3 Å². The molecule has 0 fully saturated rings. The van der Waals surface area contributed by atoms with Gasteiger partial charge in [0, 0.05) is 43.0 Å². The smallest absolute Gasteiger partial charge is 0.227 e. The highest BCUT2D eigenvalue weighted by atomic mass is 35.5. The van der Waals surface area contributed by atoms with Crippen LogP contribution in [0.5, 0.6) is 0 Å². The van der Waals surface area contributed by atoms with E-state index in [2.05, 4.69) is 51.3 Å². The Hall–Kier alpha value is -2.72. The molecular weight excluding hydrogens is 470 g/mol. The van der Waals surface area contributed by atoms with Gasteiger partial charge in [-0.2, -0.15) is 0 Å². The predicted octanol–water partition coefficient (Wildman–Crippen LogP) is 4.32. The second kappa shape index (κ2) is 14.5. The average molecular weight is 504 g/mol. The summed E-state index contributed by atoms with van der Waals surface area (Å²) in [5, 5.41) is 10.4. The number of carbonyl (C=O) groups is 1. The van der Waals surface area contributed by atoms with Gasteiger partial charge < -0.3 is 26.6 Å². The number of likely N-dealkylation sites (N-methyl/N-ethyl adjacent to an activating group) is 1. The highest BCUT2D eigenvalue weighted by Crippen LogP contribution is 2.26. The van der Waals surface area contributed by atoms with Crippen molar-refractivity contribution < 1.29 is 4.79 Å². The number of allylic oxidation sites excluding steroid dienone is 1. The fourth-order valence-electron chi connectivity index (χ4n) is 3.02. The number of benzene rings is 1. The number of halogens is 1. The zero-order valence-corrected chi connectivity index (χ0v) is 21.6. The maximum atomic E-state index is 12.2. The summed E-state index contributed by atoms with van der Waals surface area (Å²) in [6.45, 7) is 14.5. The van der Waals surface area contributed by atoms with E-state index >= 15 is 0 Å². The molecule has 0 radical (unpaired) electrons. The predicted molar refractivity (Wildman–Crippen MR) is 146 cm³/mol. The molecule has 2 aromatic rings. The van der Waals surface area contributed by atoms with Gasteiger partial charge in [0.25, 0.3) is 0 Å². The van der Waals surface area contributed by atoms with Gasteiger partial charge >= 0.3 is 0 Å². The summed E-state index contributed by atoms with van der Waals surface area (Å²) in [5.41, 5.74) is 8.30. The molecule has 184 valence electrons. The second-order valence-electron chi connectivity index (χ2n) is 7.49. The van der Waals surface area contributed by atoms with Crippen molar-refractivity contribution in [1.29, 1.82) is 0 Å². The summed E-state index contributed by atoms with van der Waals surface area (Å²) in [7, 11) is 0. The highest BCUT2D eigenvalue weighted by Gasteiger charge is 2.12. The molecular formula is C24H34ClN7OS. The van der Waals surface area contributed by atoms with E-state index in [0.29, 0.717) is 34.6 Å². The molecule has 0 unspecified atom stereocenters. The van der Waals surface area contributed by atoms with Gasteiger partial charge in [-0.05, 0) is 50.4 Å². The molecule has 0 aliphatic heterocycles. The Morgan fingerprint density at radius 3 is 2.62 bits per heavy atom. The first-order valence-electron chi connectivity index (χ1n) is 11.2. The van der Waals surface area contributed by atoms with E-state index in [1.54, 1.807) is 24.4 Å². The number of aromatic nitrogens is 1. The molecule has 0 saturated carbocycles. The van der Waals surface area contributed by atoms with Crippen LogP contribution >= 0.6 is 22.9 Å². The van der Waals surface area contributed by atoms with Crippen molar-refractivity contribution in [2.24, 2.45) is 10.7 Å². The van der Waals surface area contributed by atoms with E-state index in [4.69, 9.17) is 17.3 Å². The summed E-state index contributed by atoms with van der Waals surface area (Å²) in [4.78, 5) is 24.0. The largest absolute Gasteiger partial charge is 0.397 e. The van der Waals surface area contributed by atoms with Gasteiger partial charge in [-0.1, -0.05) is 43.4 Å². The number of amides is 1. The topological polar surface area (TPSA) is 108 Å². The molecule has 1 heterocycles. The van der Waals surface area contributed by atoms with Crippen LogP contribution < -0.4 is 21.7 Å². The first-order valence-corrected chi connectivity index (χ1v) is 12.4. The molecule has 2 rings (SSSR count). The van der Waals surface area contributed by atoms with Gasteiger partial charge in [0.1, 0.15) is 5.82 Å². The lowest BCUT2D eigenvalue weighted by atomic mass is 10.3. The Kier molecular flexibility index (Phi) is 11.8. The maximum Gasteiger partial charge on any atom is 0.227 e. The molecule has 5 N–H and O–H groups in total. The SMILES string of the molecule is C=C(N=C/C=C(\N)c1sc(NC(=O)CCNCCN(CC)CC)nc1C)Nc1ccc(Cl)cc1. The van der Waals surface area contributed by atoms with Gasteiger partial charge in [0.15, 0.2) is 5.13 Å². The van der Waals surface area contributed by atoms with Crippen LogP contribution in [0.25, 0.3) is 5.70 Å². The number of rotatable bonds is 14. The standard InChI is InChI=1S/C24H34ClN7OS/c1-5-32(6-2)16-15-27-13-12-22(33)31-24-29-17(3)23(34-24)21(26)11-14-28-18(4)30-20-9-7-19(25)8-10-20/h7-11,14,27,30H,4-6,12-13,15-16,26H2,1-3H3,(H,29,31,33)/b21-11-,28-14?. The van der Waals surface area contributed by atoms with E-state index in [0.717, 1.165) is 42.4 Å². The minimum absolute atomic E-state index is 0.0793. The van der Waals surface area contributed by atoms with Crippen LogP contribution in [-0.4, -0.2) is 54.7 Å². The van der Waals surface area contributed by atoms with Crippen molar-refractivity contribution in [2.75, 3.05) is 43.4 Å². The molecule has 10 heteroatoms. The van der Waals surface area contributed by atoms with Crippen LogP contribution in [0.1, 0.15) is 30.8 Å². The zero-order chi connectivity index (χ0) is 24.9. The molecule has 8 nitrogen and oxygen atoms in total. The van der Waals surface area contributed by atoms with Crippen LogP contribution in [0.3, 0.4) is 0 Å². The maximum absolute atomic E-state index is 12.2. The first kappa shape index (κ1) is 27.5. The Balaban J connectivity index is 1.81. The lowest BCUT2D eigenvalue weighted by Crippen LogP contribution is -2.33. The Bertz CT molecular complexity index is 997. The average Bonchev–Trinajstić information content (AvgIpc) is 3.17. The molecule has 1 amide bonds. The van der Waals surface area contributed by atoms with E-state index in [1.165, 1.54) is 11.3 Å². The monoisotopic (exact) mass is 503 g/mol. The quantitative estimate of drug-likeness (QED) is 0.226. The molecule has 0 aliphatic carbocycles. The molecule has 0 spiro atoms. The van der Waals surface area contributed by atoms with Crippen molar-refractivity contribution in [2.45, 2.75) is 27.2 Å². The number of hydrogen-bond donors (Lipinski definition) is 4. The third kappa shape index (κ3) is 9.64. The van der Waals surface area contributed by atoms with Gasteiger partial charge in [-0.25, -0.2) is 9.98 Å². The molecule has 1 aromatic carbocycles. The second-order valence-corrected chi connectivity index (χ2v) is 8.92. The number of nitrogens with one attached hydrogen (secondary N) is 3. The van der Waals surface area contributed by atoms with Gasteiger partial charge in [-0.3, -0.25) is 4.79 Å². The van der Waals surface area contributed by atoms with E-state index in [-0.39, 0.29) is 5.91 Å². The number of anilines is 2. The van der Waals surface area contributed by atoms with E-state index in [9.17, 15) is 4.79 Å². The van der Waals surface area contributed by atoms with Crippen LogP contribution in [0.2, 0.25) is 5.02 Å². The molecule has 0 atom stereocenters. The van der Waals surface area contributed by atoms with Gasteiger partial charge in [0.05, 0.1) is 16.3 Å². The highest BCUT2D eigenvalue weighted by molar-refractivity contribution is 7.16. The summed E-state index contributed by atoms with van der Waals surface area (Å²) in [6, 6.07) is 7.25. The molecule has 34 heavy (non-hydrogen) atoms. The van der Waals surface area contributed by atoms with Crippen LogP contribution in [0.4, 0.5) is 10.8 Å². The summed E-state index contributed by atoms with van der Waals surface area (Å²) < 4.78 is 0. The third-order valence-corrected chi connectivity index (χ3v) is 6.32. The fourth-order valence-corrected chi connectivity index (χ4v) is 4.06. The van der Waals surface area contributed by atoms with Crippen molar-refractivity contribution in [1.82, 2.24) is 15.2 Å². The lowest BCUT2D eigenvalue weighted by molar-refractivity contribution is -0.116. The third-order valence-electron chi connectivity index (χ3n) is 4.95. The Labute approximate surface area is 211 Å². The molecule has 1 aromatic heterocycles. The molecule has 0 bridgehead atoms. The minimum atomic E-state index is -0.0793. The van der Waals surface area contributed by atoms with Crippen LogP contribution in [0, 0.1) is 6.92 Å². The van der Waals surface area contributed by atoms with Crippen LogP contribution in [-0.2, 0) is 4.79 Å². The summed E-state index contributed by atoms with van der Waals surface area (Å²) in [5.74, 6) is 0.385. The first-order chi connectivity index (χ1) is 16.3. The number of hydrogen-bond acceptors (Lipinski definition) is 8. The number of aryl methyl sites for hydroxylation is 1. The van der Waals surface area contributed by atoms with Crippen molar-refractivity contribution in [3.8, 4) is 0 Å². The summed E-state index contributed by atoms with van der Waals surface area (Å²) in [6.07, 6.45) is 3.63. The number of nitrogens with zero attached hydrogens (tertiary/aromatic N) is 3. The Morgan fingerprint density at radius 2 is 1.94 bits per heavy atom. The minimum Gasteiger partial charge on any atom is -0.397 e. The van der Waals surface area contributed by atoms with Gasteiger partial charge in [0.2, 0.25) is 5.91 Å². The van der Waals surface area contributed by atoms with Crippen molar-refractivity contribution >= 4 is 51.6 Å². The fraction of sp³-hybridized carbons (Fsp3) is 0.375. The number of nitrogens with two attached hydrogens (primary N) is 1. The van der Waals surface area contributed by atoms with Gasteiger partial charge in [-0.15, -0.1) is 0 Å². The molecule has 0 aliphatic rings. The lowest BCUT2D eigenvalue weighted by Gasteiger charge is -2.17.